The van der Waals surface area contributed by atoms with Crippen LogP contribution < -0.4 is 9.64 Å². The Bertz CT molecular complexity index is 1020. The van der Waals surface area contributed by atoms with E-state index in [1.165, 1.54) is 11.4 Å². The van der Waals surface area contributed by atoms with Gasteiger partial charge >= 0.3 is 6.09 Å². The number of rotatable bonds is 4. The van der Waals surface area contributed by atoms with Gasteiger partial charge in [0.25, 0.3) is 0 Å². The van der Waals surface area contributed by atoms with Gasteiger partial charge in [-0.3, -0.25) is 4.90 Å². The maximum Gasteiger partial charge on any atom is 0.414 e. The molecule has 0 unspecified atom stereocenters. The summed E-state index contributed by atoms with van der Waals surface area (Å²) in [6.07, 6.45) is 0.705. The zero-order valence-corrected chi connectivity index (χ0v) is 18.3. The molecule has 0 bridgehead atoms. The van der Waals surface area contributed by atoms with Crippen molar-refractivity contribution >= 4 is 37.7 Å². The van der Waals surface area contributed by atoms with Gasteiger partial charge < -0.3 is 9.47 Å². The number of hydrogen-bond donors (Lipinski definition) is 0. The molecule has 7 nitrogen and oxygen atoms in total. The van der Waals surface area contributed by atoms with Crippen LogP contribution in [-0.2, 0) is 21.4 Å². The number of piperidine rings is 1. The highest BCUT2D eigenvalue weighted by atomic mass is 79.9. The number of carbonyl (C=O) groups excluding carboxylic acids is 1. The molecule has 1 amide bonds. The molecule has 0 aromatic heterocycles. The van der Waals surface area contributed by atoms with Crippen molar-refractivity contribution in [2.24, 2.45) is 0 Å². The summed E-state index contributed by atoms with van der Waals surface area (Å²) in [7, 11) is -2.05. The van der Waals surface area contributed by atoms with Crippen molar-refractivity contribution < 1.29 is 22.7 Å². The van der Waals surface area contributed by atoms with E-state index in [0.717, 1.165) is 15.7 Å². The van der Waals surface area contributed by atoms with E-state index in [1.54, 1.807) is 29.2 Å². The fourth-order valence-electron chi connectivity index (χ4n) is 3.80. The number of benzene rings is 2. The second-order valence-electron chi connectivity index (χ2n) is 7.01. The van der Waals surface area contributed by atoms with E-state index in [-0.39, 0.29) is 23.6 Å². The fraction of sp³-hybridized carbons (Fsp3) is 0.350. The molecule has 0 saturated carbocycles. The van der Waals surface area contributed by atoms with E-state index in [4.69, 9.17) is 9.47 Å². The lowest BCUT2D eigenvalue weighted by atomic mass is 10.0. The van der Waals surface area contributed by atoms with Gasteiger partial charge in [-0.1, -0.05) is 15.9 Å². The first kappa shape index (κ1) is 20.2. The van der Waals surface area contributed by atoms with Gasteiger partial charge in [0.05, 0.1) is 17.7 Å². The minimum Gasteiger partial charge on any atom is -0.497 e. The van der Waals surface area contributed by atoms with Crippen LogP contribution >= 0.6 is 15.9 Å². The van der Waals surface area contributed by atoms with Crippen LogP contribution in [0.2, 0.25) is 0 Å². The lowest BCUT2D eigenvalue weighted by Gasteiger charge is -2.39. The number of carbonyl (C=O) groups is 1. The Kier molecular flexibility index (Phi) is 5.54. The molecule has 29 heavy (non-hydrogen) atoms. The molecule has 0 atom stereocenters. The maximum absolute atomic E-state index is 12.9. The Morgan fingerprint density at radius 2 is 1.79 bits per heavy atom. The molecule has 2 aliphatic heterocycles. The van der Waals surface area contributed by atoms with Gasteiger partial charge in [-0.15, -0.1) is 0 Å². The molecule has 2 aromatic rings. The number of anilines is 1. The molecular formula is C20H21BrN2O5S. The van der Waals surface area contributed by atoms with Crippen molar-refractivity contribution in [3.8, 4) is 5.75 Å². The second kappa shape index (κ2) is 7.97. The summed E-state index contributed by atoms with van der Waals surface area (Å²) in [4.78, 5) is 14.4. The van der Waals surface area contributed by atoms with Crippen molar-refractivity contribution in [3.05, 3.63) is 52.5 Å². The SMILES string of the molecule is COc1ccc(S(=O)(=O)N2CCC(N3C(=O)OCc4cc(Br)ccc43)CC2)cc1. The highest BCUT2D eigenvalue weighted by molar-refractivity contribution is 9.10. The highest BCUT2D eigenvalue weighted by Crippen LogP contribution is 2.34. The van der Waals surface area contributed by atoms with Gasteiger partial charge in [-0.2, -0.15) is 4.31 Å². The van der Waals surface area contributed by atoms with E-state index in [1.807, 2.05) is 18.2 Å². The highest BCUT2D eigenvalue weighted by Gasteiger charge is 2.37. The molecular weight excluding hydrogens is 460 g/mol. The Labute approximate surface area is 178 Å². The third kappa shape index (κ3) is 3.86. The molecule has 0 radical (unpaired) electrons. The summed E-state index contributed by atoms with van der Waals surface area (Å²) in [5.74, 6) is 0.608. The lowest BCUT2D eigenvalue weighted by Crippen LogP contribution is -2.50. The van der Waals surface area contributed by atoms with Crippen molar-refractivity contribution in [1.29, 1.82) is 0 Å². The Balaban J connectivity index is 1.50. The van der Waals surface area contributed by atoms with Gasteiger partial charge in [0.2, 0.25) is 10.0 Å². The average Bonchev–Trinajstić information content (AvgIpc) is 2.74. The molecule has 1 fully saturated rings. The first-order valence-corrected chi connectivity index (χ1v) is 11.5. The number of methoxy groups -OCH3 is 1. The summed E-state index contributed by atoms with van der Waals surface area (Å²) in [5.41, 5.74) is 1.77. The number of sulfonamides is 1. The smallest absolute Gasteiger partial charge is 0.414 e. The van der Waals surface area contributed by atoms with Crippen LogP contribution in [0.25, 0.3) is 0 Å². The molecule has 154 valence electrons. The number of cyclic esters (lactones) is 1. The zero-order chi connectivity index (χ0) is 20.6. The van der Waals surface area contributed by atoms with Gasteiger partial charge in [-0.05, 0) is 55.3 Å². The van der Waals surface area contributed by atoms with E-state index in [9.17, 15) is 13.2 Å². The van der Waals surface area contributed by atoms with Crippen LogP contribution in [-0.4, -0.2) is 45.1 Å². The molecule has 4 rings (SSSR count). The Hall–Kier alpha value is -2.10. The number of halogens is 1. The quantitative estimate of drug-likeness (QED) is 0.665. The largest absolute Gasteiger partial charge is 0.497 e. The zero-order valence-electron chi connectivity index (χ0n) is 15.9. The normalized spacial score (nSPS) is 18.3. The minimum absolute atomic E-state index is 0.106. The van der Waals surface area contributed by atoms with Crippen LogP contribution in [0, 0.1) is 0 Å². The molecule has 2 aliphatic rings. The maximum atomic E-state index is 12.9. The predicted molar refractivity (Wildman–Crippen MR) is 112 cm³/mol. The molecule has 0 spiro atoms. The first-order valence-electron chi connectivity index (χ1n) is 9.29. The summed E-state index contributed by atoms with van der Waals surface area (Å²) in [6.45, 7) is 0.929. The van der Waals surface area contributed by atoms with Crippen LogP contribution in [0.5, 0.6) is 5.75 Å². The van der Waals surface area contributed by atoms with Crippen molar-refractivity contribution in [2.45, 2.75) is 30.4 Å². The average molecular weight is 481 g/mol. The number of hydrogen-bond acceptors (Lipinski definition) is 5. The van der Waals surface area contributed by atoms with Gasteiger partial charge in [0, 0.05) is 29.2 Å². The Morgan fingerprint density at radius 1 is 1.10 bits per heavy atom. The standard InChI is InChI=1S/C20H21BrN2O5S/c1-27-17-3-5-18(6-4-17)29(25,26)22-10-8-16(9-11-22)23-19-7-2-15(21)12-14(19)13-28-20(23)24/h2-7,12,16H,8-11,13H2,1H3. The predicted octanol–water partition coefficient (Wildman–Crippen LogP) is 3.77. The van der Waals surface area contributed by atoms with Crippen molar-refractivity contribution in [3.63, 3.8) is 0 Å². The second-order valence-corrected chi connectivity index (χ2v) is 9.86. The third-order valence-corrected chi connectivity index (χ3v) is 7.74. The van der Waals surface area contributed by atoms with Gasteiger partial charge in [0.1, 0.15) is 12.4 Å². The molecule has 9 heteroatoms. The van der Waals surface area contributed by atoms with Crippen LogP contribution in [0.4, 0.5) is 10.5 Å². The van der Waals surface area contributed by atoms with Gasteiger partial charge in [-0.25, -0.2) is 13.2 Å². The molecule has 1 saturated heterocycles. The Morgan fingerprint density at radius 3 is 2.45 bits per heavy atom. The van der Waals surface area contributed by atoms with Crippen LogP contribution in [0.3, 0.4) is 0 Å². The monoisotopic (exact) mass is 480 g/mol. The molecule has 2 heterocycles. The number of ether oxygens (including phenoxy) is 2. The van der Waals surface area contributed by atoms with E-state index in [2.05, 4.69) is 15.9 Å². The van der Waals surface area contributed by atoms with E-state index in [0.29, 0.717) is 31.7 Å². The number of fused-ring (bicyclic) bond motifs is 1. The topological polar surface area (TPSA) is 76.2 Å². The summed E-state index contributed by atoms with van der Waals surface area (Å²) < 4.78 is 38.7. The third-order valence-electron chi connectivity index (χ3n) is 5.33. The first-order chi connectivity index (χ1) is 13.9. The van der Waals surface area contributed by atoms with E-state index < -0.39 is 10.0 Å². The van der Waals surface area contributed by atoms with Gasteiger partial charge in [0.15, 0.2) is 0 Å². The summed E-state index contributed by atoms with van der Waals surface area (Å²) in [6, 6.07) is 12.0. The molecule has 0 N–H and O–H groups in total. The minimum atomic E-state index is -3.58. The summed E-state index contributed by atoms with van der Waals surface area (Å²) >= 11 is 3.44. The van der Waals surface area contributed by atoms with Crippen LogP contribution in [0.15, 0.2) is 51.8 Å². The van der Waals surface area contributed by atoms with Crippen LogP contribution in [0.1, 0.15) is 18.4 Å². The van der Waals surface area contributed by atoms with Crippen molar-refractivity contribution in [2.75, 3.05) is 25.1 Å². The fourth-order valence-corrected chi connectivity index (χ4v) is 5.67. The molecule has 0 aliphatic carbocycles. The lowest BCUT2D eigenvalue weighted by molar-refractivity contribution is 0.135. The van der Waals surface area contributed by atoms with E-state index >= 15 is 0 Å². The molecule has 2 aromatic carbocycles. The number of nitrogens with zero attached hydrogens (tertiary/aromatic N) is 2. The number of amides is 1. The summed E-state index contributed by atoms with van der Waals surface area (Å²) in [5, 5.41) is 0. The van der Waals surface area contributed by atoms with Crippen molar-refractivity contribution in [1.82, 2.24) is 4.31 Å².